The smallest absolute Gasteiger partial charge is 0.108 e. The van der Waals surface area contributed by atoms with E-state index in [0.29, 0.717) is 6.04 Å². The molecule has 1 aromatic heterocycles. The Morgan fingerprint density at radius 2 is 1.86 bits per heavy atom. The molecule has 0 bridgehead atoms. The monoisotopic (exact) mass is 285 g/mol. The van der Waals surface area contributed by atoms with Gasteiger partial charge < -0.3 is 9.88 Å². The molecule has 21 heavy (non-hydrogen) atoms. The van der Waals surface area contributed by atoms with Gasteiger partial charge in [-0.2, -0.15) is 0 Å². The van der Waals surface area contributed by atoms with Crippen LogP contribution in [0.1, 0.15) is 50.2 Å². The molecule has 2 rings (SSSR count). The van der Waals surface area contributed by atoms with Crippen LogP contribution in [0.3, 0.4) is 0 Å². The van der Waals surface area contributed by atoms with Crippen molar-refractivity contribution in [1.29, 1.82) is 0 Å². The van der Waals surface area contributed by atoms with Gasteiger partial charge in [-0.1, -0.05) is 45.0 Å². The van der Waals surface area contributed by atoms with Crippen molar-refractivity contribution >= 4 is 0 Å². The summed E-state index contributed by atoms with van der Waals surface area (Å²) >= 11 is 0. The molecule has 0 aliphatic carbocycles. The molecule has 3 nitrogen and oxygen atoms in total. The Morgan fingerprint density at radius 1 is 1.10 bits per heavy atom. The average molecular weight is 285 g/mol. The molecule has 0 aliphatic rings. The molecule has 0 aliphatic heterocycles. The second kappa shape index (κ2) is 7.99. The molecule has 1 heterocycles. The first-order chi connectivity index (χ1) is 10.3. The van der Waals surface area contributed by atoms with Gasteiger partial charge in [-0.25, -0.2) is 4.98 Å². The Kier molecular flexibility index (Phi) is 6.00. The van der Waals surface area contributed by atoms with Gasteiger partial charge in [0.2, 0.25) is 0 Å². The number of rotatable bonds is 8. The van der Waals surface area contributed by atoms with E-state index in [0.717, 1.165) is 38.2 Å². The summed E-state index contributed by atoms with van der Waals surface area (Å²) in [5.74, 6) is 1.16. The number of benzene rings is 1. The second-order valence-corrected chi connectivity index (χ2v) is 5.45. The minimum absolute atomic E-state index is 0.343. The first kappa shape index (κ1) is 15.8. The van der Waals surface area contributed by atoms with E-state index in [1.807, 2.05) is 6.20 Å². The fraction of sp³-hybridized carbons (Fsp3) is 0.500. The first-order valence-electron chi connectivity index (χ1n) is 8.10. The van der Waals surface area contributed by atoms with Crippen molar-refractivity contribution in [2.45, 2.75) is 52.6 Å². The van der Waals surface area contributed by atoms with Crippen molar-refractivity contribution < 1.29 is 0 Å². The van der Waals surface area contributed by atoms with E-state index >= 15 is 0 Å². The first-order valence-corrected chi connectivity index (χ1v) is 8.10. The number of hydrogen-bond acceptors (Lipinski definition) is 2. The maximum absolute atomic E-state index is 4.42. The van der Waals surface area contributed by atoms with Crippen LogP contribution in [-0.2, 0) is 19.4 Å². The summed E-state index contributed by atoms with van der Waals surface area (Å²) in [6, 6.07) is 9.34. The Morgan fingerprint density at radius 3 is 2.48 bits per heavy atom. The highest BCUT2D eigenvalue weighted by molar-refractivity contribution is 5.25. The number of aromatic nitrogens is 2. The largest absolute Gasteiger partial charge is 0.333 e. The summed E-state index contributed by atoms with van der Waals surface area (Å²) in [6.45, 7) is 8.54. The number of nitrogens with zero attached hydrogens (tertiary/aromatic N) is 2. The summed E-state index contributed by atoms with van der Waals surface area (Å²) in [4.78, 5) is 4.42. The predicted molar refractivity (Wildman–Crippen MR) is 88.5 cm³/mol. The molecule has 1 N–H and O–H groups in total. The third-order valence-corrected chi connectivity index (χ3v) is 3.93. The lowest BCUT2D eigenvalue weighted by molar-refractivity contribution is 0.455. The van der Waals surface area contributed by atoms with Gasteiger partial charge in [0.05, 0.1) is 6.04 Å². The van der Waals surface area contributed by atoms with Crippen LogP contribution in [0.4, 0.5) is 0 Å². The zero-order valence-electron chi connectivity index (χ0n) is 13.5. The maximum atomic E-state index is 4.42. The summed E-state index contributed by atoms with van der Waals surface area (Å²) in [5, 5.41) is 3.66. The Balaban J connectivity index is 2.16. The minimum atomic E-state index is 0.343. The third-order valence-electron chi connectivity index (χ3n) is 3.93. The van der Waals surface area contributed by atoms with Gasteiger partial charge in [-0.05, 0) is 30.5 Å². The van der Waals surface area contributed by atoms with Crippen LogP contribution in [0.25, 0.3) is 0 Å². The molecule has 0 amide bonds. The van der Waals surface area contributed by atoms with Crippen molar-refractivity contribution in [3.05, 3.63) is 53.6 Å². The quantitative estimate of drug-likeness (QED) is 0.800. The normalized spacial score (nSPS) is 12.5. The van der Waals surface area contributed by atoms with Crippen molar-refractivity contribution in [2.75, 3.05) is 6.54 Å². The van der Waals surface area contributed by atoms with Gasteiger partial charge in [0.25, 0.3) is 0 Å². The molecule has 1 aromatic carbocycles. The number of imidazole rings is 1. The highest BCUT2D eigenvalue weighted by atomic mass is 15.1. The van der Waals surface area contributed by atoms with Gasteiger partial charge >= 0.3 is 0 Å². The molecule has 0 saturated carbocycles. The van der Waals surface area contributed by atoms with Crippen molar-refractivity contribution in [2.24, 2.45) is 0 Å². The molecule has 1 unspecified atom stereocenters. The summed E-state index contributed by atoms with van der Waals surface area (Å²) in [5.41, 5.74) is 2.75. The molecule has 0 fully saturated rings. The van der Waals surface area contributed by atoms with Crippen LogP contribution in [0.15, 0.2) is 36.7 Å². The fourth-order valence-corrected chi connectivity index (χ4v) is 2.61. The average Bonchev–Trinajstić information content (AvgIpc) is 2.98. The Hall–Kier alpha value is -1.61. The lowest BCUT2D eigenvalue weighted by atomic mass is 10.0. The van der Waals surface area contributed by atoms with Gasteiger partial charge in [0, 0.05) is 25.4 Å². The molecule has 0 saturated heterocycles. The van der Waals surface area contributed by atoms with Crippen LogP contribution >= 0.6 is 0 Å². The SMILES string of the molecule is CCCNC(Cn1ccnc1CC)c1ccc(CC)cc1. The third kappa shape index (κ3) is 4.18. The van der Waals surface area contributed by atoms with E-state index in [-0.39, 0.29) is 0 Å². The van der Waals surface area contributed by atoms with Crippen molar-refractivity contribution in [3.8, 4) is 0 Å². The topological polar surface area (TPSA) is 29.9 Å². The fourth-order valence-electron chi connectivity index (χ4n) is 2.61. The summed E-state index contributed by atoms with van der Waals surface area (Å²) in [6.07, 6.45) is 7.20. The highest BCUT2D eigenvalue weighted by Gasteiger charge is 2.13. The van der Waals surface area contributed by atoms with Crippen LogP contribution in [-0.4, -0.2) is 16.1 Å². The lowest BCUT2D eigenvalue weighted by Crippen LogP contribution is -2.26. The Bertz CT molecular complexity index is 528. The molecule has 1 atom stereocenters. The van der Waals surface area contributed by atoms with Crippen LogP contribution in [0, 0.1) is 0 Å². The lowest BCUT2D eigenvalue weighted by Gasteiger charge is -2.21. The molecular weight excluding hydrogens is 258 g/mol. The molecule has 0 radical (unpaired) electrons. The van der Waals surface area contributed by atoms with E-state index in [2.05, 4.69) is 66.1 Å². The van der Waals surface area contributed by atoms with Crippen LogP contribution < -0.4 is 5.32 Å². The predicted octanol–water partition coefficient (Wildman–Crippen LogP) is 3.75. The number of hydrogen-bond donors (Lipinski definition) is 1. The molecule has 114 valence electrons. The number of aryl methyl sites for hydroxylation is 2. The maximum Gasteiger partial charge on any atom is 0.108 e. The second-order valence-electron chi connectivity index (χ2n) is 5.45. The zero-order chi connectivity index (χ0) is 15.1. The van der Waals surface area contributed by atoms with Gasteiger partial charge in [0.15, 0.2) is 0 Å². The molecule has 2 aromatic rings. The highest BCUT2D eigenvalue weighted by Crippen LogP contribution is 2.17. The standard InChI is InChI=1S/C18H27N3/c1-4-11-19-17(14-21-13-12-20-18(21)6-3)16-9-7-15(5-2)8-10-16/h7-10,12-13,17,19H,4-6,11,14H2,1-3H3. The molecule has 0 spiro atoms. The van der Waals surface area contributed by atoms with E-state index in [1.54, 1.807) is 0 Å². The van der Waals surface area contributed by atoms with Crippen LogP contribution in [0.5, 0.6) is 0 Å². The van der Waals surface area contributed by atoms with E-state index in [1.165, 1.54) is 11.1 Å². The molecule has 3 heteroatoms. The number of nitrogens with one attached hydrogen (secondary N) is 1. The molecular formula is C18H27N3. The zero-order valence-corrected chi connectivity index (χ0v) is 13.5. The minimum Gasteiger partial charge on any atom is -0.333 e. The van der Waals surface area contributed by atoms with E-state index < -0.39 is 0 Å². The van der Waals surface area contributed by atoms with Crippen molar-refractivity contribution in [3.63, 3.8) is 0 Å². The van der Waals surface area contributed by atoms with Crippen molar-refractivity contribution in [1.82, 2.24) is 14.9 Å². The summed E-state index contributed by atoms with van der Waals surface area (Å²) in [7, 11) is 0. The summed E-state index contributed by atoms with van der Waals surface area (Å²) < 4.78 is 2.26. The van der Waals surface area contributed by atoms with Gasteiger partial charge in [-0.3, -0.25) is 0 Å². The van der Waals surface area contributed by atoms with E-state index in [4.69, 9.17) is 0 Å². The van der Waals surface area contributed by atoms with Gasteiger partial charge in [-0.15, -0.1) is 0 Å². The van der Waals surface area contributed by atoms with Gasteiger partial charge in [0.1, 0.15) is 5.82 Å². The Labute approximate surface area is 128 Å². The van der Waals surface area contributed by atoms with Crippen LogP contribution in [0.2, 0.25) is 0 Å². The van der Waals surface area contributed by atoms with E-state index in [9.17, 15) is 0 Å².